The van der Waals surface area contributed by atoms with Crippen LogP contribution in [0.1, 0.15) is 0 Å². The lowest BCUT2D eigenvalue weighted by atomic mass is 10.4. The molecule has 0 aliphatic carbocycles. The van der Waals surface area contributed by atoms with Crippen LogP contribution in [0.25, 0.3) is 0 Å². The first-order valence-corrected chi connectivity index (χ1v) is 7.95. The molecule has 0 bridgehead atoms. The molecule has 0 saturated carbocycles. The van der Waals surface area contributed by atoms with Crippen molar-refractivity contribution >= 4 is 18.7 Å². The first-order chi connectivity index (χ1) is 9.95. The third-order valence-corrected chi connectivity index (χ3v) is 5.35. The highest BCUT2D eigenvalue weighted by Crippen LogP contribution is 2.39. The predicted molar refractivity (Wildman–Crippen MR) is 88.3 cm³/mol. The van der Waals surface area contributed by atoms with Gasteiger partial charge in [0.25, 0.3) is 0 Å². The van der Waals surface area contributed by atoms with Gasteiger partial charge in [-0.15, -0.1) is 0 Å². The van der Waals surface area contributed by atoms with E-state index in [1.54, 1.807) is 0 Å². The minimum absolute atomic E-state index is 0.566. The van der Waals surface area contributed by atoms with Crippen LogP contribution in [0.15, 0.2) is 97.4 Å². The number of allylic oxidation sites excluding steroid dienone is 4. The van der Waals surface area contributed by atoms with Gasteiger partial charge in [-0.25, -0.2) is 0 Å². The van der Waals surface area contributed by atoms with E-state index in [9.17, 15) is 0 Å². The molecule has 0 fully saturated rings. The fraction of sp³-hybridized carbons (Fsp3) is 0. The summed E-state index contributed by atoms with van der Waals surface area (Å²) in [4.78, 5) is 0. The Morgan fingerprint density at radius 3 is 1.45 bits per heavy atom. The van der Waals surface area contributed by atoms with Gasteiger partial charge in [-0.2, -0.15) is 0 Å². The first-order valence-electron chi connectivity index (χ1n) is 6.65. The maximum absolute atomic E-state index is 2.31. The molecule has 2 heteroatoms. The lowest BCUT2D eigenvalue weighted by Crippen LogP contribution is -2.21. The normalized spacial score (nSPS) is 13.8. The van der Waals surface area contributed by atoms with Crippen LogP contribution in [-0.2, 0) is 0 Å². The number of benzene rings is 2. The van der Waals surface area contributed by atoms with E-state index < -0.39 is 8.07 Å². The highest BCUT2D eigenvalue weighted by Gasteiger charge is 2.18. The summed E-state index contributed by atoms with van der Waals surface area (Å²) < 4.78 is 2.31. The molecule has 0 aromatic heterocycles. The molecule has 20 heavy (non-hydrogen) atoms. The number of rotatable bonds is 3. The van der Waals surface area contributed by atoms with Gasteiger partial charge in [-0.05, 0) is 12.2 Å². The summed E-state index contributed by atoms with van der Waals surface area (Å²) in [7, 11) is -0.566. The Kier molecular flexibility index (Phi) is 4.10. The van der Waals surface area contributed by atoms with Crippen molar-refractivity contribution in [3.63, 3.8) is 0 Å². The van der Waals surface area contributed by atoms with Gasteiger partial charge in [0.15, 0.2) is 0 Å². The van der Waals surface area contributed by atoms with Crippen LogP contribution in [0, 0.1) is 0 Å². The van der Waals surface area contributed by atoms with Crippen LogP contribution in [0.2, 0.25) is 0 Å². The number of nitrogens with zero attached hydrogens (tertiary/aromatic N) is 1. The Balaban J connectivity index is 2.04. The zero-order valence-corrected chi connectivity index (χ0v) is 12.0. The first kappa shape index (κ1) is 12.9. The molecule has 2 aromatic rings. The molecular weight excluding hydrogens is 261 g/mol. The SMILES string of the molecule is C1=CC=CN(P(c2ccccc2)c2ccccc2)C=C1. The second kappa shape index (κ2) is 6.36. The van der Waals surface area contributed by atoms with Crippen molar-refractivity contribution < 1.29 is 0 Å². The molecule has 1 heterocycles. The van der Waals surface area contributed by atoms with E-state index in [1.165, 1.54) is 10.6 Å². The number of hydrogen-bond donors (Lipinski definition) is 0. The summed E-state index contributed by atoms with van der Waals surface area (Å²) in [5.41, 5.74) is 0. The number of hydrogen-bond acceptors (Lipinski definition) is 1. The Labute approximate surface area is 121 Å². The standard InChI is InChI=1S/C18H16NP/c1-2-10-16-19(15-9-1)20(17-11-5-3-6-12-17)18-13-7-4-8-14-18/h1-16H. The Morgan fingerprint density at radius 2 is 1.00 bits per heavy atom. The predicted octanol–water partition coefficient (Wildman–Crippen LogP) is 3.93. The quantitative estimate of drug-likeness (QED) is 0.768. The van der Waals surface area contributed by atoms with Crippen LogP contribution < -0.4 is 10.6 Å². The van der Waals surface area contributed by atoms with Gasteiger partial charge in [0.1, 0.15) is 0 Å². The van der Waals surface area contributed by atoms with Gasteiger partial charge in [0.2, 0.25) is 0 Å². The smallest absolute Gasteiger partial charge is 0.0587 e. The molecule has 0 unspecified atom stereocenters. The van der Waals surface area contributed by atoms with Gasteiger partial charge < -0.3 is 4.67 Å². The second-order valence-corrected chi connectivity index (χ2v) is 6.55. The molecule has 2 aromatic carbocycles. The van der Waals surface area contributed by atoms with Gasteiger partial charge in [-0.3, -0.25) is 0 Å². The van der Waals surface area contributed by atoms with E-state index >= 15 is 0 Å². The molecule has 1 nitrogen and oxygen atoms in total. The molecule has 0 saturated heterocycles. The maximum Gasteiger partial charge on any atom is 0.0587 e. The largest absolute Gasteiger partial charge is 0.325 e. The summed E-state index contributed by atoms with van der Waals surface area (Å²) in [5, 5.41) is 2.70. The van der Waals surface area contributed by atoms with Gasteiger partial charge in [0, 0.05) is 23.0 Å². The van der Waals surface area contributed by atoms with Crippen molar-refractivity contribution in [3.05, 3.63) is 97.4 Å². The molecule has 0 radical (unpaired) electrons. The van der Waals surface area contributed by atoms with Crippen molar-refractivity contribution in [1.29, 1.82) is 0 Å². The molecule has 3 rings (SSSR count). The van der Waals surface area contributed by atoms with Crippen molar-refractivity contribution in [2.24, 2.45) is 0 Å². The fourth-order valence-corrected chi connectivity index (χ4v) is 4.30. The summed E-state index contributed by atoms with van der Waals surface area (Å²) in [6.45, 7) is 0. The van der Waals surface area contributed by atoms with E-state index in [4.69, 9.17) is 0 Å². The fourth-order valence-electron chi connectivity index (χ4n) is 2.14. The Morgan fingerprint density at radius 1 is 0.550 bits per heavy atom. The van der Waals surface area contributed by atoms with Gasteiger partial charge in [-0.1, -0.05) is 72.8 Å². The van der Waals surface area contributed by atoms with Gasteiger partial charge >= 0.3 is 0 Å². The minimum atomic E-state index is -0.566. The van der Waals surface area contributed by atoms with E-state index in [0.717, 1.165) is 0 Å². The van der Waals surface area contributed by atoms with Crippen LogP contribution >= 0.6 is 8.07 Å². The van der Waals surface area contributed by atoms with Crippen molar-refractivity contribution in [1.82, 2.24) is 4.67 Å². The molecule has 1 aliphatic heterocycles. The molecule has 0 amide bonds. The zero-order valence-electron chi connectivity index (χ0n) is 11.1. The Hall–Kier alpha value is -2.11. The third kappa shape index (κ3) is 2.89. The van der Waals surface area contributed by atoms with E-state index in [2.05, 4.69) is 102 Å². The molecule has 98 valence electrons. The van der Waals surface area contributed by atoms with Crippen molar-refractivity contribution in [3.8, 4) is 0 Å². The molecule has 1 aliphatic rings. The molecule has 0 N–H and O–H groups in total. The average molecular weight is 277 g/mol. The molecular formula is C18H16NP. The molecule has 0 spiro atoms. The highest BCUT2D eigenvalue weighted by molar-refractivity contribution is 7.71. The van der Waals surface area contributed by atoms with Crippen LogP contribution in [0.4, 0.5) is 0 Å². The van der Waals surface area contributed by atoms with Crippen LogP contribution in [0.5, 0.6) is 0 Å². The van der Waals surface area contributed by atoms with E-state index in [-0.39, 0.29) is 0 Å². The monoisotopic (exact) mass is 277 g/mol. The summed E-state index contributed by atoms with van der Waals surface area (Å²) in [6, 6.07) is 21.4. The lowest BCUT2D eigenvalue weighted by Gasteiger charge is -2.28. The summed E-state index contributed by atoms with van der Waals surface area (Å²) in [6.07, 6.45) is 12.6. The molecule has 0 atom stereocenters. The van der Waals surface area contributed by atoms with Crippen LogP contribution in [0.3, 0.4) is 0 Å². The van der Waals surface area contributed by atoms with E-state index in [1.807, 2.05) is 0 Å². The average Bonchev–Trinajstić information content (AvgIpc) is 2.79. The lowest BCUT2D eigenvalue weighted by molar-refractivity contribution is 0.840. The summed E-state index contributed by atoms with van der Waals surface area (Å²) in [5.74, 6) is 0. The zero-order chi connectivity index (χ0) is 13.6. The summed E-state index contributed by atoms with van der Waals surface area (Å²) >= 11 is 0. The van der Waals surface area contributed by atoms with Crippen molar-refractivity contribution in [2.75, 3.05) is 0 Å². The maximum atomic E-state index is 2.31. The highest BCUT2D eigenvalue weighted by atomic mass is 31.1. The third-order valence-electron chi connectivity index (χ3n) is 3.04. The van der Waals surface area contributed by atoms with Gasteiger partial charge in [0.05, 0.1) is 8.07 Å². The topological polar surface area (TPSA) is 3.24 Å². The Bertz CT molecular complexity index is 573. The van der Waals surface area contributed by atoms with E-state index in [0.29, 0.717) is 0 Å². The van der Waals surface area contributed by atoms with Crippen LogP contribution in [-0.4, -0.2) is 4.67 Å². The second-order valence-electron chi connectivity index (χ2n) is 4.43. The van der Waals surface area contributed by atoms with Crippen molar-refractivity contribution in [2.45, 2.75) is 0 Å². The minimum Gasteiger partial charge on any atom is -0.325 e.